The normalized spacial score (nSPS) is 10.7. The molecule has 114 valence electrons. The van der Waals surface area contributed by atoms with Crippen LogP contribution < -0.4 is 29.6 Å². The molecule has 0 aromatic heterocycles. The summed E-state index contributed by atoms with van der Waals surface area (Å²) in [5, 5.41) is 2.00. The van der Waals surface area contributed by atoms with Gasteiger partial charge in [0.1, 0.15) is 0 Å². The summed E-state index contributed by atoms with van der Waals surface area (Å²) in [4.78, 5) is 0. The van der Waals surface area contributed by atoms with E-state index in [9.17, 15) is 0 Å². The predicted molar refractivity (Wildman–Crippen MR) is 99.6 cm³/mol. The third-order valence-electron chi connectivity index (χ3n) is 2.99. The predicted octanol–water partition coefficient (Wildman–Crippen LogP) is 3.19. The number of rotatable bonds is 4. The second kappa shape index (κ2) is 16.7. The van der Waals surface area contributed by atoms with Crippen LogP contribution >= 0.6 is 31.7 Å². The smallest absolute Gasteiger partial charge is 1.00 e. The molecule has 0 heterocycles. The third kappa shape index (κ3) is 17.4. The van der Waals surface area contributed by atoms with Crippen LogP contribution in [-0.4, -0.2) is 64.1 Å². The van der Waals surface area contributed by atoms with Crippen LogP contribution in [-0.2, 0) is 19.5 Å². The summed E-state index contributed by atoms with van der Waals surface area (Å²) in [5.74, 6) is 0. The van der Waals surface area contributed by atoms with Crippen LogP contribution in [0.1, 0.15) is 21.0 Å². The van der Waals surface area contributed by atoms with Crippen molar-refractivity contribution in [2.75, 3.05) is 53.3 Å². The van der Waals surface area contributed by atoms with Crippen LogP contribution in [0.4, 0.5) is 0 Å². The second-order valence-corrected chi connectivity index (χ2v) is 16.7. The molecule has 6 heteroatoms. The molecular formula is C12H37NaP4Ru. The Kier molecular flexibility index (Phi) is 27.3. The fourth-order valence-corrected chi connectivity index (χ4v) is 8.31. The topological polar surface area (TPSA) is 0 Å². The van der Waals surface area contributed by atoms with E-state index < -0.39 is 0 Å². The maximum absolute atomic E-state index is 2.37. The average molecular weight is 429 g/mol. The largest absolute Gasteiger partial charge is 4.00 e. The molecule has 0 aliphatic heterocycles. The molecule has 0 aromatic carbocycles. The first-order valence-corrected chi connectivity index (χ1v) is 15.0. The Bertz CT molecular complexity index is 150. The van der Waals surface area contributed by atoms with Gasteiger partial charge in [-0.05, 0) is 64.1 Å². The summed E-state index contributed by atoms with van der Waals surface area (Å²) >= 11 is 0. The van der Waals surface area contributed by atoms with E-state index in [-0.39, 0.29) is 56.2 Å². The van der Waals surface area contributed by atoms with Gasteiger partial charge in [-0.1, -0.05) is 13.8 Å². The quantitative estimate of drug-likeness (QED) is 0.476. The first kappa shape index (κ1) is 29.4. The summed E-state index contributed by atoms with van der Waals surface area (Å²) in [5.41, 5.74) is 0. The molecule has 0 aromatic rings. The van der Waals surface area contributed by atoms with Crippen LogP contribution in [0.25, 0.3) is 0 Å². The van der Waals surface area contributed by atoms with Gasteiger partial charge in [-0.2, -0.15) is 0 Å². The van der Waals surface area contributed by atoms with Gasteiger partial charge in [0.2, 0.25) is 0 Å². The van der Waals surface area contributed by atoms with Crippen molar-refractivity contribution in [1.82, 2.24) is 0 Å². The van der Waals surface area contributed by atoms with Crippen molar-refractivity contribution >= 4 is 31.7 Å². The molecule has 0 amide bonds. The third-order valence-corrected chi connectivity index (χ3v) is 14.5. The molecule has 0 unspecified atom stereocenters. The molecule has 0 aliphatic carbocycles. The Morgan fingerprint density at radius 1 is 0.556 bits per heavy atom. The Labute approximate surface area is 164 Å². The maximum Gasteiger partial charge on any atom is 4.00 e. The molecular weight excluding hydrogens is 392 g/mol. The van der Waals surface area contributed by atoms with Gasteiger partial charge >= 0.3 is 49.0 Å². The SMILES string of the molecule is CC(P(C)C)P(C)C.CC(P(C)C)P(C)C.[H-].[H-].[H-].[H-].[H-].[Na+].[Ru+4]. The zero-order valence-electron chi connectivity index (χ0n) is 19.3. The van der Waals surface area contributed by atoms with E-state index >= 15 is 0 Å². The molecule has 18 heavy (non-hydrogen) atoms. The van der Waals surface area contributed by atoms with Gasteiger partial charge in [0.15, 0.2) is 0 Å². The van der Waals surface area contributed by atoms with E-state index in [1.165, 1.54) is 0 Å². The summed E-state index contributed by atoms with van der Waals surface area (Å²) in [6.45, 7) is 23.7. The van der Waals surface area contributed by atoms with Gasteiger partial charge in [-0.25, -0.2) is 0 Å². The number of hydrogen-bond acceptors (Lipinski definition) is 0. The van der Waals surface area contributed by atoms with Gasteiger partial charge in [0.25, 0.3) is 0 Å². The molecule has 0 saturated heterocycles. The molecule has 0 spiro atoms. The molecule has 0 nitrogen and oxygen atoms in total. The first-order chi connectivity index (χ1) is 7.11. The van der Waals surface area contributed by atoms with Crippen molar-refractivity contribution in [3.63, 3.8) is 0 Å². The fourth-order valence-electron chi connectivity index (χ4n) is 0.924. The summed E-state index contributed by atoms with van der Waals surface area (Å²) in [7, 11) is 1.31. The van der Waals surface area contributed by atoms with E-state index in [0.29, 0.717) is 31.7 Å². The second-order valence-electron chi connectivity index (χ2n) is 5.12. The average Bonchev–Trinajstić information content (AvgIpc) is 2.15. The van der Waals surface area contributed by atoms with Crippen molar-refractivity contribution in [1.29, 1.82) is 0 Å². The Balaban J connectivity index is -0.0000000187. The minimum absolute atomic E-state index is 0. The number of hydrogen-bond donors (Lipinski definition) is 0. The Hall–Kier alpha value is 3.34. The van der Waals surface area contributed by atoms with Crippen LogP contribution in [0.3, 0.4) is 0 Å². The van der Waals surface area contributed by atoms with E-state index in [2.05, 4.69) is 67.2 Å². The van der Waals surface area contributed by atoms with Crippen molar-refractivity contribution < 1.29 is 56.2 Å². The van der Waals surface area contributed by atoms with Gasteiger partial charge in [-0.3, -0.25) is 0 Å². The molecule has 0 rings (SSSR count). The molecule has 0 bridgehead atoms. The van der Waals surface area contributed by atoms with Gasteiger partial charge in [-0.15, -0.1) is 31.7 Å². The standard InChI is InChI=1S/2C6H16P2.Na.Ru.5H/c2*1-6(7(2)3)8(4)5;;;;;;;/h2*6H,1-5H3;;;;;;;/q;;+1;+4;5*-1. The molecule has 0 fully saturated rings. The molecule has 0 radical (unpaired) electrons. The molecule has 0 N–H and O–H groups in total. The van der Waals surface area contributed by atoms with Crippen molar-refractivity contribution in [3.05, 3.63) is 0 Å². The molecule has 0 aliphatic rings. The maximum atomic E-state index is 2.37. The van der Waals surface area contributed by atoms with Gasteiger partial charge in [0.05, 0.1) is 0 Å². The van der Waals surface area contributed by atoms with Crippen LogP contribution in [0, 0.1) is 0 Å². The van der Waals surface area contributed by atoms with Crippen LogP contribution in [0.5, 0.6) is 0 Å². The van der Waals surface area contributed by atoms with Crippen molar-refractivity contribution in [3.8, 4) is 0 Å². The van der Waals surface area contributed by atoms with Crippen LogP contribution in [0.15, 0.2) is 0 Å². The summed E-state index contributed by atoms with van der Waals surface area (Å²) in [6.07, 6.45) is 0. The first-order valence-electron chi connectivity index (χ1n) is 5.77. The summed E-state index contributed by atoms with van der Waals surface area (Å²) < 4.78 is 0. The van der Waals surface area contributed by atoms with E-state index in [1.807, 2.05) is 0 Å². The zero-order chi connectivity index (χ0) is 13.5. The van der Waals surface area contributed by atoms with Crippen LogP contribution in [0.2, 0.25) is 0 Å². The van der Waals surface area contributed by atoms with E-state index in [1.54, 1.807) is 0 Å². The molecule has 0 saturated carbocycles. The minimum atomic E-state index is 0. The van der Waals surface area contributed by atoms with E-state index in [0.717, 1.165) is 10.8 Å². The van der Waals surface area contributed by atoms with E-state index in [4.69, 9.17) is 0 Å². The zero-order valence-corrected chi connectivity index (χ0v) is 21.6. The Morgan fingerprint density at radius 3 is 0.667 bits per heavy atom. The Morgan fingerprint density at radius 2 is 0.667 bits per heavy atom. The van der Waals surface area contributed by atoms with Crippen molar-refractivity contribution in [2.45, 2.75) is 24.6 Å². The van der Waals surface area contributed by atoms with Gasteiger partial charge < -0.3 is 7.13 Å². The van der Waals surface area contributed by atoms with Gasteiger partial charge in [0, 0.05) is 0 Å². The molecule has 0 atom stereocenters. The van der Waals surface area contributed by atoms with Crippen molar-refractivity contribution in [2.24, 2.45) is 0 Å². The monoisotopic (exact) mass is 430 g/mol. The summed E-state index contributed by atoms with van der Waals surface area (Å²) in [6, 6.07) is 0. The minimum Gasteiger partial charge on any atom is -1.00 e. The fraction of sp³-hybridized carbons (Fsp3) is 1.00.